The first-order chi connectivity index (χ1) is 20.3. The van der Waals surface area contributed by atoms with E-state index in [0.29, 0.717) is 19.1 Å². The molecule has 222 valence electrons. The molecular formula is C32H41N7O2S. The first-order valence-corrected chi connectivity index (χ1v) is 16.2. The number of hydrogen-bond acceptors (Lipinski definition) is 9. The van der Waals surface area contributed by atoms with Crippen molar-refractivity contribution >= 4 is 50.9 Å². The summed E-state index contributed by atoms with van der Waals surface area (Å²) in [6.07, 6.45) is 8.62. The summed E-state index contributed by atoms with van der Waals surface area (Å²) in [7, 11) is 4.37. The Balaban J connectivity index is 1.17. The summed E-state index contributed by atoms with van der Waals surface area (Å²) in [5, 5.41) is 4.88. The molecule has 4 aliphatic rings. The van der Waals surface area contributed by atoms with Crippen LogP contribution < -0.4 is 10.2 Å². The highest BCUT2D eigenvalue weighted by molar-refractivity contribution is 7.19. The molecule has 5 heterocycles. The largest absolute Gasteiger partial charge is 0.372 e. The van der Waals surface area contributed by atoms with E-state index in [2.05, 4.69) is 65.2 Å². The number of aryl methyl sites for hydroxylation is 1. The maximum absolute atomic E-state index is 13.5. The van der Waals surface area contributed by atoms with Gasteiger partial charge in [-0.25, -0.2) is 9.97 Å². The average molecular weight is 588 g/mol. The molecule has 0 bridgehead atoms. The van der Waals surface area contributed by atoms with E-state index in [1.807, 2.05) is 11.1 Å². The van der Waals surface area contributed by atoms with Crippen LogP contribution in [-0.2, 0) is 28.9 Å². The van der Waals surface area contributed by atoms with Crippen molar-refractivity contribution in [1.29, 1.82) is 0 Å². The maximum atomic E-state index is 13.5. The van der Waals surface area contributed by atoms with Crippen molar-refractivity contribution in [3.05, 3.63) is 40.0 Å². The van der Waals surface area contributed by atoms with Crippen LogP contribution in [0.3, 0.4) is 0 Å². The van der Waals surface area contributed by atoms with Gasteiger partial charge in [-0.05, 0) is 88.9 Å². The third-order valence-electron chi connectivity index (χ3n) is 9.46. The molecule has 7 rings (SSSR count). The fourth-order valence-electron chi connectivity index (χ4n) is 7.29. The van der Waals surface area contributed by atoms with Crippen molar-refractivity contribution in [3.8, 4) is 0 Å². The molecule has 1 amide bonds. The van der Waals surface area contributed by atoms with Crippen LogP contribution in [0.2, 0.25) is 0 Å². The average Bonchev–Trinajstić information content (AvgIpc) is 3.60. The Morgan fingerprint density at radius 3 is 2.64 bits per heavy atom. The molecule has 2 fully saturated rings. The van der Waals surface area contributed by atoms with Crippen LogP contribution in [-0.4, -0.2) is 90.4 Å². The zero-order chi connectivity index (χ0) is 29.0. The predicted octanol–water partition coefficient (Wildman–Crippen LogP) is 4.64. The van der Waals surface area contributed by atoms with E-state index in [4.69, 9.17) is 9.72 Å². The summed E-state index contributed by atoms with van der Waals surface area (Å²) in [5.41, 5.74) is 6.07. The predicted molar refractivity (Wildman–Crippen MR) is 169 cm³/mol. The number of nitrogens with zero attached hydrogens (tertiary/aromatic N) is 6. The van der Waals surface area contributed by atoms with Gasteiger partial charge in [-0.3, -0.25) is 9.79 Å². The molecule has 10 heteroatoms. The fraction of sp³-hybridized carbons (Fsp3) is 0.562. The Hall–Kier alpha value is -3.08. The zero-order valence-corrected chi connectivity index (χ0v) is 25.9. The first kappa shape index (κ1) is 27.7. The Kier molecular flexibility index (Phi) is 7.40. The standard InChI is InChI=1S/C32H41N7O2S/c1-19-16-39(17-20(2)41-19)32(40)21-5-6-25-28(13-21)42-31-29(25)30(34-18-35-31)36-26-11-22-14-33-15-23(22)12-27(26)38-9-7-24(8-10-38)37(3)4/h11-12,14,18-21,24H,5-10,13,15-17H2,1-4H3,(H,34,35,36)/t19-,20+,21-/m0/s1. The van der Waals surface area contributed by atoms with Crippen LogP contribution in [0.5, 0.6) is 0 Å². The number of piperidine rings is 1. The van der Waals surface area contributed by atoms with Gasteiger partial charge in [0.15, 0.2) is 0 Å². The number of aromatic nitrogens is 2. The number of carbonyl (C=O) groups excluding carboxylic acids is 1. The quantitative estimate of drug-likeness (QED) is 0.466. The van der Waals surface area contributed by atoms with E-state index in [-0.39, 0.29) is 24.0 Å². The second kappa shape index (κ2) is 11.2. The molecule has 2 saturated heterocycles. The monoisotopic (exact) mass is 587 g/mol. The number of amides is 1. The van der Waals surface area contributed by atoms with E-state index in [0.717, 1.165) is 73.5 Å². The first-order valence-electron chi connectivity index (χ1n) is 15.4. The lowest BCUT2D eigenvalue weighted by Crippen LogP contribution is -2.50. The number of hydrogen-bond donors (Lipinski definition) is 1. The van der Waals surface area contributed by atoms with Crippen LogP contribution in [0, 0.1) is 5.92 Å². The van der Waals surface area contributed by atoms with Crippen molar-refractivity contribution in [1.82, 2.24) is 19.8 Å². The Bertz CT molecular complexity index is 1520. The second-order valence-corrected chi connectivity index (χ2v) is 13.8. The highest BCUT2D eigenvalue weighted by Crippen LogP contribution is 2.42. The van der Waals surface area contributed by atoms with Gasteiger partial charge in [0, 0.05) is 49.2 Å². The summed E-state index contributed by atoms with van der Waals surface area (Å²) >= 11 is 1.73. The molecule has 3 aromatic rings. The van der Waals surface area contributed by atoms with Crippen molar-refractivity contribution in [2.75, 3.05) is 50.5 Å². The summed E-state index contributed by atoms with van der Waals surface area (Å²) in [4.78, 5) is 36.7. The van der Waals surface area contributed by atoms with Crippen LogP contribution >= 0.6 is 11.3 Å². The third kappa shape index (κ3) is 5.18. The molecule has 1 aliphatic carbocycles. The van der Waals surface area contributed by atoms with Crippen LogP contribution in [0.1, 0.15) is 54.7 Å². The summed E-state index contributed by atoms with van der Waals surface area (Å²) in [6.45, 7) is 8.27. The number of aliphatic imine (C=N–C) groups is 1. The second-order valence-electron chi connectivity index (χ2n) is 12.7. The number of anilines is 3. The minimum Gasteiger partial charge on any atom is -0.372 e. The number of fused-ring (bicyclic) bond motifs is 4. The Morgan fingerprint density at radius 1 is 1.10 bits per heavy atom. The van der Waals surface area contributed by atoms with Crippen molar-refractivity contribution < 1.29 is 9.53 Å². The van der Waals surface area contributed by atoms with Crippen molar-refractivity contribution in [3.63, 3.8) is 0 Å². The lowest BCUT2D eigenvalue weighted by atomic mass is 9.86. The maximum Gasteiger partial charge on any atom is 0.226 e. The van der Waals surface area contributed by atoms with E-state index in [1.165, 1.54) is 27.3 Å². The lowest BCUT2D eigenvalue weighted by Gasteiger charge is -2.38. The Labute approximate surface area is 252 Å². The Morgan fingerprint density at radius 2 is 1.88 bits per heavy atom. The number of rotatable bonds is 5. The van der Waals surface area contributed by atoms with Gasteiger partial charge < -0.3 is 24.8 Å². The summed E-state index contributed by atoms with van der Waals surface area (Å²) < 4.78 is 5.87. The number of benzene rings is 1. The third-order valence-corrected chi connectivity index (χ3v) is 10.6. The van der Waals surface area contributed by atoms with Gasteiger partial charge in [0.25, 0.3) is 0 Å². The molecule has 1 N–H and O–H groups in total. The molecule has 0 unspecified atom stereocenters. The summed E-state index contributed by atoms with van der Waals surface area (Å²) in [5.74, 6) is 1.14. The molecule has 2 aromatic heterocycles. The zero-order valence-electron chi connectivity index (χ0n) is 25.1. The van der Waals surface area contributed by atoms with Gasteiger partial charge in [0.1, 0.15) is 17.0 Å². The molecule has 0 spiro atoms. The van der Waals surface area contributed by atoms with Gasteiger partial charge >= 0.3 is 0 Å². The fourth-order valence-corrected chi connectivity index (χ4v) is 8.56. The van der Waals surface area contributed by atoms with Gasteiger partial charge in [0.2, 0.25) is 5.91 Å². The van der Waals surface area contributed by atoms with Gasteiger partial charge in [-0.15, -0.1) is 11.3 Å². The highest BCUT2D eigenvalue weighted by atomic mass is 32.1. The van der Waals surface area contributed by atoms with E-state index in [1.54, 1.807) is 17.7 Å². The number of nitrogens with one attached hydrogen (secondary N) is 1. The molecule has 42 heavy (non-hydrogen) atoms. The molecule has 0 saturated carbocycles. The normalized spacial score (nSPS) is 24.4. The molecule has 1 aromatic carbocycles. The minimum atomic E-state index is 0.0140. The molecule has 9 nitrogen and oxygen atoms in total. The van der Waals surface area contributed by atoms with Crippen LogP contribution in [0.4, 0.5) is 17.2 Å². The van der Waals surface area contributed by atoms with Gasteiger partial charge in [-0.1, -0.05) is 0 Å². The minimum absolute atomic E-state index is 0.0140. The lowest BCUT2D eigenvalue weighted by molar-refractivity contribution is -0.147. The SMILES string of the molecule is C[C@@H]1CN(C(=O)[C@H]2CCc3c(sc4ncnc(Nc5cc6c(cc5N5CCC(N(C)C)CC5)CN=C6)c34)C2)C[C@H](C)O1. The van der Waals surface area contributed by atoms with Crippen molar-refractivity contribution in [2.24, 2.45) is 10.9 Å². The van der Waals surface area contributed by atoms with Crippen molar-refractivity contribution in [2.45, 2.75) is 70.7 Å². The molecule has 3 aliphatic heterocycles. The highest BCUT2D eigenvalue weighted by Gasteiger charge is 2.34. The molecule has 0 radical (unpaired) electrons. The molecular weight excluding hydrogens is 546 g/mol. The van der Waals surface area contributed by atoms with Crippen LogP contribution in [0.15, 0.2) is 23.5 Å². The smallest absolute Gasteiger partial charge is 0.226 e. The van der Waals surface area contributed by atoms with E-state index < -0.39 is 0 Å². The van der Waals surface area contributed by atoms with Gasteiger partial charge in [-0.2, -0.15) is 0 Å². The number of ether oxygens (including phenoxy) is 1. The van der Waals surface area contributed by atoms with E-state index >= 15 is 0 Å². The molecule has 3 atom stereocenters. The number of thiophene rings is 1. The number of morpholine rings is 1. The topological polar surface area (TPSA) is 86.2 Å². The van der Waals surface area contributed by atoms with Gasteiger partial charge in [0.05, 0.1) is 35.5 Å². The summed E-state index contributed by atoms with van der Waals surface area (Å²) in [6, 6.07) is 5.19. The van der Waals surface area contributed by atoms with E-state index in [9.17, 15) is 4.79 Å². The number of carbonyl (C=O) groups is 1. The van der Waals surface area contributed by atoms with Crippen LogP contribution in [0.25, 0.3) is 10.2 Å².